The smallest absolute Gasteiger partial charge is 0.00850 e. The highest BCUT2D eigenvalue weighted by Gasteiger charge is 2.67. The van der Waals surface area contributed by atoms with Crippen LogP contribution < -0.4 is 0 Å². The molecule has 0 N–H and O–H groups in total. The van der Waals surface area contributed by atoms with Crippen LogP contribution in [0.1, 0.15) is 528 Å². The van der Waals surface area contributed by atoms with E-state index in [1.54, 1.807) is 22.3 Å². The summed E-state index contributed by atoms with van der Waals surface area (Å²) in [5.74, 6) is 29.9. The van der Waals surface area contributed by atoms with Crippen LogP contribution in [0.25, 0.3) is 0 Å². The van der Waals surface area contributed by atoms with Crippen LogP contribution in [0, 0.1) is 259 Å². The lowest BCUT2D eigenvalue weighted by Gasteiger charge is -2.58. The van der Waals surface area contributed by atoms with Crippen LogP contribution in [0.5, 0.6) is 0 Å². The van der Waals surface area contributed by atoms with E-state index in [2.05, 4.69) is 261 Å². The molecule has 28 aliphatic carbocycles. The van der Waals surface area contributed by atoms with Crippen molar-refractivity contribution >= 4 is 0 Å². The van der Waals surface area contributed by atoms with Gasteiger partial charge in [-0.1, -0.05) is 294 Å². The Morgan fingerprint density at radius 1 is 0.170 bits per heavy atom. The normalized spacial score (nSPS) is 54.0. The molecule has 28 rings (SSSR count). The first-order chi connectivity index (χ1) is 69.6. The first kappa shape index (κ1) is 108. The summed E-state index contributed by atoms with van der Waals surface area (Å²) in [6.45, 7) is 70.9. The Kier molecular flexibility index (Phi) is 29.2. The highest BCUT2D eigenvalue weighted by atomic mass is 14.7. The zero-order chi connectivity index (χ0) is 104. The second-order valence-corrected chi connectivity index (χ2v) is 65.4. The molecule has 0 aromatic carbocycles. The van der Waals surface area contributed by atoms with Gasteiger partial charge in [0.1, 0.15) is 0 Å². The summed E-state index contributed by atoms with van der Waals surface area (Å²) in [5, 5.41) is 0. The Morgan fingerprint density at radius 2 is 0.367 bits per heavy atom. The van der Waals surface area contributed by atoms with Crippen LogP contribution >= 0.6 is 0 Å². The number of fused-ring (bicyclic) bond motifs is 35. The molecule has 0 aromatic rings. The fourth-order valence-corrected chi connectivity index (χ4v) is 48.0. The second kappa shape index (κ2) is 39.6. The van der Waals surface area contributed by atoms with Crippen molar-refractivity contribution in [3.8, 4) is 0 Å². The molecule has 17 fully saturated rings. The largest absolute Gasteiger partial charge is 0.0847 e. The van der Waals surface area contributed by atoms with Crippen molar-refractivity contribution in [2.75, 3.05) is 0 Å². The summed E-state index contributed by atoms with van der Waals surface area (Å²) >= 11 is 0. The quantitative estimate of drug-likeness (QED) is 0.212. The van der Waals surface area contributed by atoms with Gasteiger partial charge in [-0.3, -0.25) is 0 Å². The Balaban J connectivity index is 0.0000000974. The van der Waals surface area contributed by atoms with E-state index in [-0.39, 0.29) is 0 Å². The van der Waals surface area contributed by atoms with E-state index in [1.165, 1.54) is 334 Å². The van der Waals surface area contributed by atoms with Crippen molar-refractivity contribution in [3.05, 3.63) is 128 Å². The van der Waals surface area contributed by atoms with E-state index in [9.17, 15) is 0 Å². The average molecular weight is 2000 g/mol. The van der Waals surface area contributed by atoms with E-state index in [1.807, 2.05) is 39.0 Å². The third-order valence-electron chi connectivity index (χ3n) is 59.7. The van der Waals surface area contributed by atoms with Gasteiger partial charge in [-0.25, -0.2) is 0 Å². The molecule has 45 atom stereocenters. The molecule has 0 saturated heterocycles. The van der Waals surface area contributed by atoms with E-state index >= 15 is 0 Å². The summed E-state index contributed by atoms with van der Waals surface area (Å²) in [6, 6.07) is 0. The van der Waals surface area contributed by atoms with Gasteiger partial charge in [0.2, 0.25) is 0 Å². The minimum absolute atomic E-state index is 0.533. The molecule has 0 bridgehead atoms. The van der Waals surface area contributed by atoms with Crippen LogP contribution in [0.4, 0.5) is 0 Å². The summed E-state index contributed by atoms with van der Waals surface area (Å²) in [7, 11) is 0. The first-order valence-corrected chi connectivity index (χ1v) is 66.3. The molecule has 17 saturated carbocycles. The fourth-order valence-electron chi connectivity index (χ4n) is 48.0. The lowest BCUT2D eigenvalue weighted by molar-refractivity contribution is -0.0500. The Morgan fingerprint density at radius 3 is 0.626 bits per heavy atom. The SMILES string of the molecule is CC1=CCC2C3CC=C4C[C@@H](C)CCC4(C)C3CCC12C.CC1=CCC2C3CC=C4C[C@H](C)CCC4(C)C3CCC12C.CC1=CCC2C3CCC4=C[C@@H](C)CCC4(C)C3CCC12C.CC1=CCC2C3CCC4=C[C@H](C)CCC4(C)C3CCC12C.CC1CCC2C3CC=C4C[C@@H](C)CCC4(C)C3CCC12C.CC1CCC2C3CC=C4C[C@H](C)CCC4(C)C3CCC12C.CC1CCC2C3CCC4=C[C@@H](C)CCC4(C)C3CCC12C. The van der Waals surface area contributed by atoms with Crippen molar-refractivity contribution < 1.29 is 0 Å². The van der Waals surface area contributed by atoms with Gasteiger partial charge in [0, 0.05) is 0 Å². The Hall–Kier alpha value is -2.86. The zero-order valence-electron chi connectivity index (χ0n) is 102. The molecule has 818 valence electrons. The first-order valence-electron chi connectivity index (χ1n) is 66.3. The summed E-state index contributed by atoms with van der Waals surface area (Å²) in [6.07, 6.45) is 105. The van der Waals surface area contributed by atoms with E-state index in [0.717, 1.165) is 183 Å². The van der Waals surface area contributed by atoms with E-state index < -0.39 is 0 Å². The minimum Gasteiger partial charge on any atom is -0.0847 e. The highest BCUT2D eigenvalue weighted by molar-refractivity contribution is 5.37. The van der Waals surface area contributed by atoms with Gasteiger partial charge >= 0.3 is 0 Å². The molecule has 147 heavy (non-hydrogen) atoms. The van der Waals surface area contributed by atoms with Crippen LogP contribution in [-0.2, 0) is 0 Å². The lowest BCUT2D eigenvalue weighted by atomic mass is 9.46. The van der Waals surface area contributed by atoms with Crippen molar-refractivity contribution in [2.24, 2.45) is 259 Å². The molecule has 0 amide bonds. The molecular weight excluding hydrogens is 1770 g/mol. The van der Waals surface area contributed by atoms with Gasteiger partial charge in [0.05, 0.1) is 0 Å². The van der Waals surface area contributed by atoms with Crippen LogP contribution in [0.2, 0.25) is 0 Å². The van der Waals surface area contributed by atoms with Crippen molar-refractivity contribution in [1.82, 2.24) is 0 Å². The van der Waals surface area contributed by atoms with Crippen LogP contribution in [-0.4, -0.2) is 0 Å². The topological polar surface area (TPSA) is 0 Å². The van der Waals surface area contributed by atoms with E-state index in [0.29, 0.717) is 75.8 Å². The summed E-state index contributed by atoms with van der Waals surface area (Å²) < 4.78 is 0. The molecule has 0 radical (unpaired) electrons. The third kappa shape index (κ3) is 17.5. The molecule has 28 aliphatic rings. The van der Waals surface area contributed by atoms with Crippen molar-refractivity contribution in [1.29, 1.82) is 0 Å². The third-order valence-corrected chi connectivity index (χ3v) is 59.7. The van der Waals surface area contributed by atoms with E-state index in [4.69, 9.17) is 0 Å². The van der Waals surface area contributed by atoms with Gasteiger partial charge < -0.3 is 0 Å². The number of allylic oxidation sites excluding steroid dienone is 22. The number of hydrogen-bond donors (Lipinski definition) is 0. The minimum atomic E-state index is 0.533. The maximum Gasteiger partial charge on any atom is -0.00850 e. The maximum absolute atomic E-state index is 2.71. The highest BCUT2D eigenvalue weighted by Crippen LogP contribution is 2.76. The number of hydrogen-bond acceptors (Lipinski definition) is 0. The molecule has 0 heteroatoms. The van der Waals surface area contributed by atoms with Crippen LogP contribution in [0.3, 0.4) is 0 Å². The van der Waals surface area contributed by atoms with Gasteiger partial charge in [-0.15, -0.1) is 0 Å². The molecular formula is C147H230. The standard InChI is InChI=1S/3C21H34.4C21H32/c7*1-14-9-11-21(4)16(13-14)6-7-17-18-8-5-15(2)20(18,3)12-10-19(17)21/h13-15,17-19H,5-12H2,1-4H3;2*6,14-15,17-19H,5,7-13H2,1-4H3;2*5,13-14,17-19H,6-12H2,1-4H3;2*5-6,14,17-19H,7-13H2,1-4H3/t3*14-,15?,17?,18?,19?,20?,21?;4*14-,17?,18?,19?,20?,21?/m0101010/s1. The van der Waals surface area contributed by atoms with Gasteiger partial charge in [0.15, 0.2) is 0 Å². The summed E-state index contributed by atoms with van der Waals surface area (Å²) in [5.41, 5.74) is 27.8. The van der Waals surface area contributed by atoms with Gasteiger partial charge in [-0.2, -0.15) is 0 Å². The lowest BCUT2D eigenvalue weighted by Crippen LogP contribution is -2.50. The molecule has 0 aromatic heterocycles. The molecule has 0 heterocycles. The monoisotopic (exact) mass is 2000 g/mol. The Labute approximate surface area is 908 Å². The predicted molar refractivity (Wildman–Crippen MR) is 630 cm³/mol. The predicted octanol–water partition coefficient (Wildman–Crippen LogP) is 43.2. The summed E-state index contributed by atoms with van der Waals surface area (Å²) in [4.78, 5) is 0. The van der Waals surface area contributed by atoms with Crippen LogP contribution in [0.15, 0.2) is 128 Å². The van der Waals surface area contributed by atoms with Crippen molar-refractivity contribution in [3.63, 3.8) is 0 Å². The van der Waals surface area contributed by atoms with Crippen molar-refractivity contribution in [2.45, 2.75) is 528 Å². The fraction of sp³-hybridized carbons (Fsp3) is 0.850. The number of rotatable bonds is 0. The molecule has 38 unspecified atom stereocenters. The molecule has 0 nitrogen and oxygen atoms in total. The maximum atomic E-state index is 2.71. The second-order valence-electron chi connectivity index (χ2n) is 65.4. The zero-order valence-corrected chi connectivity index (χ0v) is 102. The van der Waals surface area contributed by atoms with Gasteiger partial charge in [-0.05, 0) is 621 Å². The average Bonchev–Trinajstić information content (AvgIpc) is 1.28. The molecule has 0 spiro atoms. The molecule has 0 aliphatic heterocycles. The Bertz CT molecular complexity index is 4760. The van der Waals surface area contributed by atoms with Gasteiger partial charge in [0.25, 0.3) is 0 Å².